The van der Waals surface area contributed by atoms with Crippen LogP contribution < -0.4 is 19.3 Å². The predicted molar refractivity (Wildman–Crippen MR) is 132 cm³/mol. The van der Waals surface area contributed by atoms with Gasteiger partial charge in [-0.2, -0.15) is 0 Å². The quantitative estimate of drug-likeness (QED) is 0.470. The zero-order valence-corrected chi connectivity index (χ0v) is 20.0. The lowest BCUT2D eigenvalue weighted by Gasteiger charge is -2.25. The molecule has 0 aliphatic rings. The Balaban J connectivity index is 1.75. The van der Waals surface area contributed by atoms with E-state index in [1.54, 1.807) is 30.3 Å². The smallest absolute Gasteiger partial charge is 0.264 e. The van der Waals surface area contributed by atoms with Crippen LogP contribution in [0.15, 0.2) is 83.8 Å². The molecular weight excluding hydrogens is 462 g/mol. The molecule has 0 bridgehead atoms. The van der Waals surface area contributed by atoms with Gasteiger partial charge in [0.1, 0.15) is 12.3 Å². The summed E-state index contributed by atoms with van der Waals surface area (Å²) in [5, 5.41) is 3.17. The Bertz CT molecular complexity index is 1170. The lowest BCUT2D eigenvalue weighted by atomic mass is 10.3. The highest BCUT2D eigenvalue weighted by atomic mass is 35.5. The first-order valence-electron chi connectivity index (χ1n) is 10.3. The molecule has 0 saturated carbocycles. The van der Waals surface area contributed by atoms with Crippen LogP contribution in [-0.4, -0.2) is 48.1 Å². The fourth-order valence-corrected chi connectivity index (χ4v) is 4.78. The average molecular weight is 488 g/mol. The molecule has 0 fully saturated rings. The lowest BCUT2D eigenvalue weighted by Crippen LogP contribution is -2.42. The van der Waals surface area contributed by atoms with Gasteiger partial charge in [-0.1, -0.05) is 35.9 Å². The van der Waals surface area contributed by atoms with Gasteiger partial charge in [0.05, 0.1) is 17.7 Å². The van der Waals surface area contributed by atoms with E-state index in [1.807, 2.05) is 42.3 Å². The summed E-state index contributed by atoms with van der Waals surface area (Å²) >= 11 is 6.09. The number of methoxy groups -OCH3 is 1. The normalized spacial score (nSPS) is 11.0. The number of rotatable bonds is 10. The number of para-hydroxylation sites is 1. The summed E-state index contributed by atoms with van der Waals surface area (Å²) in [6.07, 6.45) is 0. The molecule has 9 heteroatoms. The highest BCUT2D eigenvalue weighted by molar-refractivity contribution is 7.92. The Kier molecular flexibility index (Phi) is 8.19. The van der Waals surface area contributed by atoms with Crippen LogP contribution in [0.1, 0.15) is 0 Å². The number of hydrogen-bond donors (Lipinski definition) is 1. The molecule has 3 aromatic rings. The van der Waals surface area contributed by atoms with Crippen molar-refractivity contribution >= 4 is 38.9 Å². The van der Waals surface area contributed by atoms with Crippen molar-refractivity contribution in [2.75, 3.05) is 43.0 Å². The van der Waals surface area contributed by atoms with Gasteiger partial charge >= 0.3 is 0 Å². The number of hydrogen-bond acceptors (Lipinski definition) is 5. The van der Waals surface area contributed by atoms with E-state index in [0.29, 0.717) is 29.5 Å². The number of likely N-dealkylation sites (N-methyl/N-ethyl adjacent to an activating group) is 1. The third-order valence-electron chi connectivity index (χ3n) is 5.00. The molecule has 0 aliphatic carbocycles. The van der Waals surface area contributed by atoms with Gasteiger partial charge in [-0.15, -0.1) is 0 Å². The van der Waals surface area contributed by atoms with Crippen molar-refractivity contribution in [1.82, 2.24) is 5.32 Å². The Labute approximate surface area is 199 Å². The van der Waals surface area contributed by atoms with Crippen molar-refractivity contribution in [3.63, 3.8) is 0 Å². The number of carbonyl (C=O) groups is 1. The number of carbonyl (C=O) groups excluding carboxylic acids is 1. The molecule has 1 N–H and O–H groups in total. The van der Waals surface area contributed by atoms with Crippen molar-refractivity contribution in [3.8, 4) is 5.75 Å². The summed E-state index contributed by atoms with van der Waals surface area (Å²) in [4.78, 5) is 14.8. The summed E-state index contributed by atoms with van der Waals surface area (Å²) < 4.78 is 33.0. The van der Waals surface area contributed by atoms with Crippen LogP contribution in [0.25, 0.3) is 0 Å². The molecule has 33 heavy (non-hydrogen) atoms. The third-order valence-corrected chi connectivity index (χ3v) is 7.02. The minimum atomic E-state index is -4.03. The van der Waals surface area contributed by atoms with Crippen molar-refractivity contribution in [2.24, 2.45) is 0 Å². The molecule has 0 heterocycles. The molecule has 0 radical (unpaired) electrons. The van der Waals surface area contributed by atoms with Crippen LogP contribution in [0.3, 0.4) is 0 Å². The summed E-state index contributed by atoms with van der Waals surface area (Å²) in [6, 6.07) is 22.2. The van der Waals surface area contributed by atoms with Crippen LogP contribution in [-0.2, 0) is 14.8 Å². The molecule has 7 nitrogen and oxygen atoms in total. The van der Waals surface area contributed by atoms with Crippen molar-refractivity contribution in [3.05, 3.63) is 83.9 Å². The minimum absolute atomic E-state index is 0.0416. The zero-order valence-electron chi connectivity index (χ0n) is 18.4. The number of amides is 1. The fraction of sp³-hybridized carbons (Fsp3) is 0.208. The van der Waals surface area contributed by atoms with Crippen molar-refractivity contribution in [1.29, 1.82) is 0 Å². The molecule has 0 atom stereocenters. The molecule has 0 aliphatic heterocycles. The van der Waals surface area contributed by atoms with E-state index in [1.165, 1.54) is 25.3 Å². The largest absolute Gasteiger partial charge is 0.497 e. The van der Waals surface area contributed by atoms with Crippen LogP contribution in [0.4, 0.5) is 11.4 Å². The van der Waals surface area contributed by atoms with Gasteiger partial charge in [-0.3, -0.25) is 9.10 Å². The van der Waals surface area contributed by atoms with E-state index in [0.717, 1.165) is 9.99 Å². The second kappa shape index (κ2) is 11.1. The number of nitrogens with zero attached hydrogens (tertiary/aromatic N) is 2. The van der Waals surface area contributed by atoms with Gasteiger partial charge in [0.25, 0.3) is 10.0 Å². The second-order valence-corrected chi connectivity index (χ2v) is 9.57. The molecule has 0 spiro atoms. The number of anilines is 2. The summed E-state index contributed by atoms with van der Waals surface area (Å²) in [5.74, 6) is 0.108. The number of sulfonamides is 1. The first kappa shape index (κ1) is 24.4. The minimum Gasteiger partial charge on any atom is -0.497 e. The molecule has 0 saturated heterocycles. The molecule has 0 aromatic heterocycles. The Morgan fingerprint density at radius 2 is 1.64 bits per heavy atom. The monoisotopic (exact) mass is 487 g/mol. The van der Waals surface area contributed by atoms with Gasteiger partial charge in [-0.25, -0.2) is 8.42 Å². The van der Waals surface area contributed by atoms with Crippen molar-refractivity contribution < 1.29 is 17.9 Å². The highest BCUT2D eigenvalue weighted by Crippen LogP contribution is 2.27. The zero-order chi connectivity index (χ0) is 23.8. The molecule has 3 aromatic carbocycles. The lowest BCUT2D eigenvalue weighted by molar-refractivity contribution is -0.119. The predicted octanol–water partition coefficient (Wildman–Crippen LogP) is 3.80. The van der Waals surface area contributed by atoms with Crippen LogP contribution in [0.5, 0.6) is 5.75 Å². The van der Waals surface area contributed by atoms with Gasteiger partial charge in [-0.05, 0) is 54.6 Å². The summed E-state index contributed by atoms with van der Waals surface area (Å²) in [5.41, 5.74) is 1.32. The molecule has 0 unspecified atom stereocenters. The van der Waals surface area contributed by atoms with E-state index in [2.05, 4.69) is 5.32 Å². The van der Waals surface area contributed by atoms with E-state index >= 15 is 0 Å². The number of benzene rings is 3. The number of nitrogens with one attached hydrogen (secondary N) is 1. The van der Waals surface area contributed by atoms with E-state index < -0.39 is 15.9 Å². The first-order valence-corrected chi connectivity index (χ1v) is 12.1. The fourth-order valence-electron chi connectivity index (χ4n) is 3.18. The summed E-state index contributed by atoms with van der Waals surface area (Å²) in [7, 11) is -0.602. The molecule has 1 amide bonds. The third kappa shape index (κ3) is 6.40. The SMILES string of the molecule is COc1ccc(S(=O)(=O)N(CC(=O)NCCN(C)c2ccccc2)c2cccc(Cl)c2)cc1. The van der Waals surface area contributed by atoms with Gasteiger partial charge in [0.2, 0.25) is 5.91 Å². The van der Waals surface area contributed by atoms with E-state index in [4.69, 9.17) is 16.3 Å². The Hall–Kier alpha value is -3.23. The maximum atomic E-state index is 13.4. The Morgan fingerprint density at radius 1 is 0.970 bits per heavy atom. The summed E-state index contributed by atoms with van der Waals surface area (Å²) in [6.45, 7) is 0.540. The van der Waals surface area contributed by atoms with Gasteiger partial charge < -0.3 is 15.0 Å². The number of halogens is 1. The maximum Gasteiger partial charge on any atom is 0.264 e. The van der Waals surface area contributed by atoms with Crippen LogP contribution >= 0.6 is 11.6 Å². The Morgan fingerprint density at radius 3 is 2.27 bits per heavy atom. The highest BCUT2D eigenvalue weighted by Gasteiger charge is 2.27. The first-order chi connectivity index (χ1) is 15.8. The van der Waals surface area contributed by atoms with E-state index in [9.17, 15) is 13.2 Å². The molecule has 174 valence electrons. The van der Waals surface area contributed by atoms with Crippen LogP contribution in [0.2, 0.25) is 5.02 Å². The topological polar surface area (TPSA) is 79.0 Å². The van der Waals surface area contributed by atoms with Crippen LogP contribution in [0, 0.1) is 0 Å². The molecule has 3 rings (SSSR count). The maximum absolute atomic E-state index is 13.4. The standard InChI is InChI=1S/C24H26ClN3O4S/c1-27(20-8-4-3-5-9-20)16-15-26-24(29)18-28(21-10-6-7-19(25)17-21)33(30,31)23-13-11-22(32-2)12-14-23/h3-14,17H,15-16,18H2,1-2H3,(H,26,29). The second-order valence-electron chi connectivity index (χ2n) is 7.27. The van der Waals surface area contributed by atoms with Crippen molar-refractivity contribution in [2.45, 2.75) is 4.90 Å². The van der Waals surface area contributed by atoms with Gasteiger partial charge in [0, 0.05) is 30.8 Å². The average Bonchev–Trinajstić information content (AvgIpc) is 2.83. The van der Waals surface area contributed by atoms with Gasteiger partial charge in [0.15, 0.2) is 0 Å². The number of ether oxygens (including phenoxy) is 1. The molecular formula is C24H26ClN3O4S. The van der Waals surface area contributed by atoms with E-state index in [-0.39, 0.29) is 11.4 Å².